The van der Waals surface area contributed by atoms with Gasteiger partial charge < -0.3 is 33.7 Å². The summed E-state index contributed by atoms with van der Waals surface area (Å²) in [4.78, 5) is 27.6. The molecule has 1 fully saturated rings. The molecule has 1 unspecified atom stereocenters. The van der Waals surface area contributed by atoms with Crippen molar-refractivity contribution in [2.45, 2.75) is 12.5 Å². The zero-order valence-electron chi connectivity index (χ0n) is 19.9. The zero-order chi connectivity index (χ0) is 24.8. The molecule has 9 nitrogen and oxygen atoms in total. The average molecular weight is 472 g/mol. The van der Waals surface area contributed by atoms with Gasteiger partial charge in [-0.1, -0.05) is 0 Å². The molecule has 182 valence electrons. The van der Waals surface area contributed by atoms with Crippen molar-refractivity contribution in [3.8, 4) is 23.0 Å². The van der Waals surface area contributed by atoms with Crippen molar-refractivity contribution in [2.75, 3.05) is 48.7 Å². The van der Waals surface area contributed by atoms with Gasteiger partial charge in [0.15, 0.2) is 11.5 Å². The van der Waals surface area contributed by atoms with Gasteiger partial charge in [0.1, 0.15) is 11.5 Å². The summed E-state index contributed by atoms with van der Waals surface area (Å²) in [6.07, 6.45) is 0.507. The zero-order valence-corrected chi connectivity index (χ0v) is 19.9. The number of hydrogen-bond acceptors (Lipinski definition) is 8. The first-order valence-corrected chi connectivity index (χ1v) is 10.6. The Morgan fingerprint density at radius 1 is 0.912 bits per heavy atom. The lowest BCUT2D eigenvalue weighted by atomic mass is 9.94. The summed E-state index contributed by atoms with van der Waals surface area (Å²) in [6.45, 7) is 0.655. The molecule has 9 heteroatoms. The van der Waals surface area contributed by atoms with Gasteiger partial charge in [0.2, 0.25) is 5.75 Å². The second kappa shape index (κ2) is 10.9. The fourth-order valence-electron chi connectivity index (χ4n) is 4.00. The van der Waals surface area contributed by atoms with Crippen molar-refractivity contribution in [2.24, 2.45) is 0 Å². The van der Waals surface area contributed by atoms with Crippen LogP contribution < -0.4 is 18.9 Å². The van der Waals surface area contributed by atoms with Crippen molar-refractivity contribution >= 4 is 17.4 Å². The van der Waals surface area contributed by atoms with Gasteiger partial charge in [-0.05, 0) is 48.4 Å². The molecule has 1 aliphatic heterocycles. The largest absolute Gasteiger partial charge is 0.507 e. The molecule has 1 aliphatic rings. The number of benzene rings is 2. The number of aliphatic hydroxyl groups is 1. The number of likely N-dealkylation sites (tertiary alicyclic amines) is 1. The normalized spacial score (nSPS) is 17.1. The molecular weight excluding hydrogens is 442 g/mol. The van der Waals surface area contributed by atoms with E-state index in [0.29, 0.717) is 47.2 Å². The van der Waals surface area contributed by atoms with Crippen molar-refractivity contribution in [3.05, 3.63) is 53.1 Å². The lowest BCUT2D eigenvalue weighted by Gasteiger charge is -2.26. The minimum atomic E-state index is -0.868. The third-order valence-electron chi connectivity index (χ3n) is 5.65. The highest BCUT2D eigenvalue weighted by atomic mass is 16.5. The van der Waals surface area contributed by atoms with Gasteiger partial charge >= 0.3 is 0 Å². The van der Waals surface area contributed by atoms with E-state index in [1.807, 2.05) is 0 Å². The van der Waals surface area contributed by atoms with Gasteiger partial charge in [-0.2, -0.15) is 0 Å². The van der Waals surface area contributed by atoms with Crippen LogP contribution in [0.25, 0.3) is 5.76 Å². The second-order valence-corrected chi connectivity index (χ2v) is 7.53. The van der Waals surface area contributed by atoms with Gasteiger partial charge in [-0.25, -0.2) is 0 Å². The van der Waals surface area contributed by atoms with Crippen molar-refractivity contribution < 1.29 is 38.4 Å². The SMILES string of the molecule is COCCCN1C(=O)C(=O)/C(=C(/O)c2ccc(OC)cc2)C1c1cc(OC)c(OC)c(OC)c1. The summed E-state index contributed by atoms with van der Waals surface area (Å²) in [5.41, 5.74) is 0.885. The third kappa shape index (κ3) is 4.65. The first-order valence-electron chi connectivity index (χ1n) is 10.6. The van der Waals surface area contributed by atoms with Crippen LogP contribution in [0, 0.1) is 0 Å². The topological polar surface area (TPSA) is 104 Å². The Labute approximate surface area is 198 Å². The number of ether oxygens (including phenoxy) is 5. The number of ketones is 1. The molecular formula is C25H29NO8. The number of carbonyl (C=O) groups excluding carboxylic acids is 2. The molecule has 1 atom stereocenters. The summed E-state index contributed by atoms with van der Waals surface area (Å²) in [5.74, 6) is -0.0612. The smallest absolute Gasteiger partial charge is 0.295 e. The molecule has 3 rings (SSSR count). The Bertz CT molecular complexity index is 1050. The molecule has 0 radical (unpaired) electrons. The summed E-state index contributed by atoms with van der Waals surface area (Å²) in [5, 5.41) is 11.2. The molecule has 1 saturated heterocycles. The van der Waals surface area contributed by atoms with Crippen LogP contribution in [0.1, 0.15) is 23.6 Å². The highest BCUT2D eigenvalue weighted by Crippen LogP contribution is 2.45. The number of carbonyl (C=O) groups is 2. The van der Waals surface area contributed by atoms with Gasteiger partial charge in [0.25, 0.3) is 11.7 Å². The lowest BCUT2D eigenvalue weighted by Crippen LogP contribution is -2.31. The van der Waals surface area contributed by atoms with Crippen LogP contribution in [0.2, 0.25) is 0 Å². The maximum absolute atomic E-state index is 13.1. The van der Waals surface area contributed by atoms with E-state index >= 15 is 0 Å². The maximum atomic E-state index is 13.1. The molecule has 0 saturated carbocycles. The maximum Gasteiger partial charge on any atom is 0.295 e. The van der Waals surface area contributed by atoms with Crippen molar-refractivity contribution in [1.82, 2.24) is 4.90 Å². The average Bonchev–Trinajstić information content (AvgIpc) is 3.12. The number of aliphatic hydroxyl groups excluding tert-OH is 1. The number of amides is 1. The molecule has 1 heterocycles. The molecule has 0 aliphatic carbocycles. The highest BCUT2D eigenvalue weighted by molar-refractivity contribution is 6.46. The number of nitrogens with zero attached hydrogens (tertiary/aromatic N) is 1. The molecule has 1 amide bonds. The fourth-order valence-corrected chi connectivity index (χ4v) is 4.00. The Morgan fingerprint density at radius 2 is 1.53 bits per heavy atom. The van der Waals surface area contributed by atoms with Crippen molar-refractivity contribution in [1.29, 1.82) is 0 Å². The fraction of sp³-hybridized carbons (Fsp3) is 0.360. The van der Waals surface area contributed by atoms with Gasteiger partial charge in [0, 0.05) is 25.8 Å². The highest BCUT2D eigenvalue weighted by Gasteiger charge is 2.46. The summed E-state index contributed by atoms with van der Waals surface area (Å²) < 4.78 is 26.6. The molecule has 0 spiro atoms. The van der Waals surface area contributed by atoms with E-state index < -0.39 is 17.7 Å². The second-order valence-electron chi connectivity index (χ2n) is 7.53. The minimum absolute atomic E-state index is 0.0261. The predicted molar refractivity (Wildman–Crippen MR) is 125 cm³/mol. The molecule has 0 bridgehead atoms. The number of Topliss-reactive ketones (excluding diaryl/α,β-unsaturated/α-hetero) is 1. The molecule has 2 aromatic carbocycles. The Kier molecular flexibility index (Phi) is 8.01. The van der Waals surface area contributed by atoms with E-state index in [1.165, 1.54) is 33.3 Å². The summed E-state index contributed by atoms with van der Waals surface area (Å²) in [6, 6.07) is 9.05. The molecule has 2 aromatic rings. The Morgan fingerprint density at radius 3 is 2.03 bits per heavy atom. The van der Waals surface area contributed by atoms with E-state index in [-0.39, 0.29) is 17.9 Å². The molecule has 0 aromatic heterocycles. The lowest BCUT2D eigenvalue weighted by molar-refractivity contribution is -0.140. The Hall–Kier alpha value is -3.72. The number of rotatable bonds is 10. The first-order chi connectivity index (χ1) is 16.4. The van der Waals surface area contributed by atoms with Gasteiger partial charge in [-0.15, -0.1) is 0 Å². The predicted octanol–water partition coefficient (Wildman–Crippen LogP) is 3.18. The van der Waals surface area contributed by atoms with E-state index in [2.05, 4.69) is 0 Å². The number of methoxy groups -OCH3 is 5. The van der Waals surface area contributed by atoms with Crippen LogP contribution in [0.3, 0.4) is 0 Å². The van der Waals surface area contributed by atoms with Gasteiger partial charge in [-0.3, -0.25) is 9.59 Å². The standard InChI is InChI=1S/C25H29NO8/c1-30-12-6-11-26-21(16-13-18(32-3)24(34-5)19(14-16)33-4)20(23(28)25(26)29)22(27)15-7-9-17(31-2)10-8-15/h7-10,13-14,21,27H,6,11-12H2,1-5H3/b22-20+. The van der Waals surface area contributed by atoms with E-state index in [4.69, 9.17) is 23.7 Å². The summed E-state index contributed by atoms with van der Waals surface area (Å²) >= 11 is 0. The van der Waals surface area contributed by atoms with Crippen LogP contribution in [-0.2, 0) is 14.3 Å². The van der Waals surface area contributed by atoms with Crippen LogP contribution in [-0.4, -0.2) is 70.4 Å². The Balaban J connectivity index is 2.21. The summed E-state index contributed by atoms with van der Waals surface area (Å²) in [7, 11) is 7.54. The van der Waals surface area contributed by atoms with Crippen LogP contribution in [0.15, 0.2) is 42.0 Å². The van der Waals surface area contributed by atoms with Crippen molar-refractivity contribution in [3.63, 3.8) is 0 Å². The molecule has 1 N–H and O–H groups in total. The van der Waals surface area contributed by atoms with Crippen LogP contribution in [0.4, 0.5) is 0 Å². The first kappa shape index (κ1) is 24.9. The van der Waals surface area contributed by atoms with E-state index in [1.54, 1.807) is 43.5 Å². The number of hydrogen-bond donors (Lipinski definition) is 1. The quantitative estimate of drug-likeness (QED) is 0.244. The van der Waals surface area contributed by atoms with Crippen LogP contribution >= 0.6 is 0 Å². The van der Waals surface area contributed by atoms with Gasteiger partial charge in [0.05, 0.1) is 40.1 Å². The van der Waals surface area contributed by atoms with Crippen LogP contribution in [0.5, 0.6) is 23.0 Å². The minimum Gasteiger partial charge on any atom is -0.507 e. The third-order valence-corrected chi connectivity index (χ3v) is 5.65. The van der Waals surface area contributed by atoms with E-state index in [0.717, 1.165) is 0 Å². The molecule has 34 heavy (non-hydrogen) atoms. The van der Waals surface area contributed by atoms with E-state index in [9.17, 15) is 14.7 Å². The monoisotopic (exact) mass is 471 g/mol.